The molecule has 0 saturated heterocycles. The van der Waals surface area contributed by atoms with E-state index in [2.05, 4.69) is 17.4 Å². The third kappa shape index (κ3) is 3.35. The van der Waals surface area contributed by atoms with E-state index in [1.807, 2.05) is 60.7 Å². The van der Waals surface area contributed by atoms with Crippen molar-refractivity contribution >= 4 is 16.7 Å². The number of hydrogen-bond acceptors (Lipinski definition) is 2. The number of carbonyl (C=O) groups is 1. The molecule has 3 nitrogen and oxygen atoms in total. The zero-order valence-corrected chi connectivity index (χ0v) is 14.7. The van der Waals surface area contributed by atoms with Gasteiger partial charge in [-0.3, -0.25) is 4.79 Å². The molecule has 0 aromatic heterocycles. The van der Waals surface area contributed by atoms with E-state index in [4.69, 9.17) is 0 Å². The summed E-state index contributed by atoms with van der Waals surface area (Å²) in [5.41, 5.74) is 0.915. The quantitative estimate of drug-likeness (QED) is 0.714. The molecule has 3 aromatic rings. The van der Waals surface area contributed by atoms with E-state index >= 15 is 0 Å². The lowest BCUT2D eigenvalue weighted by Gasteiger charge is -2.29. The molecular formula is C23H23NO2. The molecule has 3 aromatic carbocycles. The minimum absolute atomic E-state index is 0.0589. The van der Waals surface area contributed by atoms with Crippen molar-refractivity contribution in [1.82, 2.24) is 5.32 Å². The first kappa shape index (κ1) is 16.8. The topological polar surface area (TPSA) is 49.3 Å². The van der Waals surface area contributed by atoms with Crippen molar-refractivity contribution in [3.8, 4) is 0 Å². The molecule has 26 heavy (non-hydrogen) atoms. The lowest BCUT2D eigenvalue weighted by Crippen LogP contribution is -2.43. The predicted molar refractivity (Wildman–Crippen MR) is 104 cm³/mol. The monoisotopic (exact) mass is 345 g/mol. The van der Waals surface area contributed by atoms with Crippen LogP contribution in [0, 0.1) is 5.92 Å². The van der Waals surface area contributed by atoms with Crippen molar-refractivity contribution < 1.29 is 9.90 Å². The molecule has 1 atom stereocenters. The maximum absolute atomic E-state index is 12.6. The molecule has 0 radical (unpaired) electrons. The summed E-state index contributed by atoms with van der Waals surface area (Å²) in [6, 6.07) is 23.8. The van der Waals surface area contributed by atoms with Crippen LogP contribution in [0.4, 0.5) is 0 Å². The van der Waals surface area contributed by atoms with E-state index in [1.165, 1.54) is 0 Å². The Labute approximate surface area is 153 Å². The summed E-state index contributed by atoms with van der Waals surface area (Å²) in [6.45, 7) is 0.255. The van der Waals surface area contributed by atoms with Gasteiger partial charge in [0.2, 0.25) is 5.91 Å². The lowest BCUT2D eigenvalue weighted by atomic mass is 9.88. The summed E-state index contributed by atoms with van der Waals surface area (Å²) in [4.78, 5) is 12.6. The van der Waals surface area contributed by atoms with Crippen LogP contribution in [0.1, 0.15) is 24.0 Å². The van der Waals surface area contributed by atoms with Gasteiger partial charge in [-0.1, -0.05) is 72.8 Å². The Hall–Kier alpha value is -2.65. The number of fused-ring (bicyclic) bond motifs is 1. The maximum Gasteiger partial charge on any atom is 0.224 e. The van der Waals surface area contributed by atoms with Crippen molar-refractivity contribution in [2.24, 2.45) is 5.92 Å². The van der Waals surface area contributed by atoms with E-state index in [0.29, 0.717) is 6.42 Å². The van der Waals surface area contributed by atoms with Crippen LogP contribution in [0.15, 0.2) is 72.8 Å². The van der Waals surface area contributed by atoms with Gasteiger partial charge in [0, 0.05) is 0 Å². The second-order valence-electron chi connectivity index (χ2n) is 7.16. The number of benzene rings is 3. The zero-order valence-electron chi connectivity index (χ0n) is 14.7. The SMILES string of the molecule is O=C(Cc1cccc2ccccc12)NC[C@@](O)(c1ccccc1)C1CC1. The Morgan fingerprint density at radius 2 is 1.65 bits per heavy atom. The van der Waals surface area contributed by atoms with Gasteiger partial charge in [-0.05, 0) is 40.7 Å². The molecule has 1 aliphatic rings. The van der Waals surface area contributed by atoms with Gasteiger partial charge in [0.15, 0.2) is 0 Å². The normalized spacial score (nSPS) is 16.2. The van der Waals surface area contributed by atoms with E-state index in [9.17, 15) is 9.90 Å². The van der Waals surface area contributed by atoms with Gasteiger partial charge >= 0.3 is 0 Å². The zero-order chi connectivity index (χ0) is 18.0. The third-order valence-electron chi connectivity index (χ3n) is 5.31. The number of hydrogen-bond donors (Lipinski definition) is 2. The molecular weight excluding hydrogens is 322 g/mol. The summed E-state index contributed by atoms with van der Waals surface area (Å²) in [5.74, 6) is 0.166. The largest absolute Gasteiger partial charge is 0.383 e. The number of nitrogens with one attached hydrogen (secondary N) is 1. The Morgan fingerprint density at radius 1 is 0.962 bits per heavy atom. The van der Waals surface area contributed by atoms with Crippen molar-refractivity contribution in [2.75, 3.05) is 6.54 Å². The number of aliphatic hydroxyl groups is 1. The van der Waals surface area contributed by atoms with Crippen molar-refractivity contribution in [3.63, 3.8) is 0 Å². The average molecular weight is 345 g/mol. The highest BCUT2D eigenvalue weighted by atomic mass is 16.3. The van der Waals surface area contributed by atoms with Gasteiger partial charge in [-0.2, -0.15) is 0 Å². The van der Waals surface area contributed by atoms with Crippen LogP contribution in [0.3, 0.4) is 0 Å². The Morgan fingerprint density at radius 3 is 2.42 bits per heavy atom. The van der Waals surface area contributed by atoms with Crippen LogP contribution in [0.5, 0.6) is 0 Å². The standard InChI is InChI=1S/C23H23NO2/c25-22(15-18-9-6-8-17-7-4-5-12-21(17)18)24-16-23(26,20-13-14-20)19-10-2-1-3-11-19/h1-12,20,26H,13-16H2,(H,24,25)/t23-/m1/s1. The van der Waals surface area contributed by atoms with Crippen molar-refractivity contribution in [3.05, 3.63) is 83.9 Å². The molecule has 0 heterocycles. The second kappa shape index (κ2) is 6.93. The minimum atomic E-state index is -0.977. The first-order valence-electron chi connectivity index (χ1n) is 9.18. The minimum Gasteiger partial charge on any atom is -0.383 e. The molecule has 4 rings (SSSR count). The highest BCUT2D eigenvalue weighted by Crippen LogP contribution is 2.45. The summed E-state index contributed by atoms with van der Waals surface area (Å²) >= 11 is 0. The molecule has 0 unspecified atom stereocenters. The smallest absolute Gasteiger partial charge is 0.224 e. The predicted octanol–water partition coefficient (Wildman–Crippen LogP) is 3.80. The fourth-order valence-corrected chi connectivity index (χ4v) is 3.69. The van der Waals surface area contributed by atoms with Gasteiger partial charge in [0.1, 0.15) is 5.60 Å². The number of carbonyl (C=O) groups excluding carboxylic acids is 1. The molecule has 1 amide bonds. The molecule has 2 N–H and O–H groups in total. The van der Waals surface area contributed by atoms with Gasteiger partial charge in [-0.15, -0.1) is 0 Å². The Bertz CT molecular complexity index is 912. The Kier molecular flexibility index (Phi) is 4.48. The number of amides is 1. The first-order valence-corrected chi connectivity index (χ1v) is 9.18. The van der Waals surface area contributed by atoms with E-state index in [0.717, 1.165) is 34.7 Å². The average Bonchev–Trinajstić information content (AvgIpc) is 3.53. The summed E-state index contributed by atoms with van der Waals surface area (Å²) in [7, 11) is 0. The van der Waals surface area contributed by atoms with Gasteiger partial charge in [-0.25, -0.2) is 0 Å². The molecule has 0 spiro atoms. The van der Waals surface area contributed by atoms with Crippen LogP contribution in [-0.4, -0.2) is 17.6 Å². The highest BCUT2D eigenvalue weighted by molar-refractivity contribution is 5.90. The fourth-order valence-electron chi connectivity index (χ4n) is 3.69. The molecule has 0 bridgehead atoms. The molecule has 1 fully saturated rings. The van der Waals surface area contributed by atoms with Crippen LogP contribution < -0.4 is 5.32 Å². The van der Waals surface area contributed by atoms with E-state index in [-0.39, 0.29) is 18.4 Å². The second-order valence-corrected chi connectivity index (χ2v) is 7.16. The molecule has 132 valence electrons. The van der Waals surface area contributed by atoms with E-state index < -0.39 is 5.60 Å². The Balaban J connectivity index is 1.48. The van der Waals surface area contributed by atoms with Crippen molar-refractivity contribution in [2.45, 2.75) is 24.9 Å². The molecule has 1 saturated carbocycles. The molecule has 1 aliphatic carbocycles. The van der Waals surface area contributed by atoms with Gasteiger partial charge in [0.05, 0.1) is 13.0 Å². The maximum atomic E-state index is 12.6. The molecule has 0 aliphatic heterocycles. The van der Waals surface area contributed by atoms with Crippen LogP contribution >= 0.6 is 0 Å². The first-order chi connectivity index (χ1) is 12.7. The van der Waals surface area contributed by atoms with Gasteiger partial charge < -0.3 is 10.4 Å². The van der Waals surface area contributed by atoms with Crippen LogP contribution in [-0.2, 0) is 16.8 Å². The van der Waals surface area contributed by atoms with Crippen LogP contribution in [0.2, 0.25) is 0 Å². The highest BCUT2D eigenvalue weighted by Gasteiger charge is 2.45. The summed E-state index contributed by atoms with van der Waals surface area (Å²) in [6.07, 6.45) is 2.33. The van der Waals surface area contributed by atoms with Crippen LogP contribution in [0.25, 0.3) is 10.8 Å². The lowest BCUT2D eigenvalue weighted by molar-refractivity contribution is -0.122. The summed E-state index contributed by atoms with van der Waals surface area (Å²) < 4.78 is 0. The number of rotatable bonds is 6. The fraction of sp³-hybridized carbons (Fsp3) is 0.261. The van der Waals surface area contributed by atoms with E-state index in [1.54, 1.807) is 0 Å². The van der Waals surface area contributed by atoms with Crippen molar-refractivity contribution in [1.29, 1.82) is 0 Å². The summed E-state index contributed by atoms with van der Waals surface area (Å²) in [5, 5.41) is 16.4. The molecule has 3 heteroatoms. The van der Waals surface area contributed by atoms with Gasteiger partial charge in [0.25, 0.3) is 0 Å². The third-order valence-corrected chi connectivity index (χ3v) is 5.31.